The Kier molecular flexibility index (Phi) is 7.40. The van der Waals surface area contributed by atoms with Crippen LogP contribution in [0.3, 0.4) is 0 Å². The van der Waals surface area contributed by atoms with Gasteiger partial charge < -0.3 is 10.2 Å². The molecule has 1 aliphatic heterocycles. The fourth-order valence-electron chi connectivity index (χ4n) is 3.11. The predicted molar refractivity (Wildman–Crippen MR) is 109 cm³/mol. The molecule has 0 radical (unpaired) electrons. The van der Waals surface area contributed by atoms with Gasteiger partial charge in [-0.2, -0.15) is 0 Å². The lowest BCUT2D eigenvalue weighted by molar-refractivity contribution is 0.438. The first-order chi connectivity index (χ1) is 10.9. The molecule has 0 atom stereocenters. The summed E-state index contributed by atoms with van der Waals surface area (Å²) in [4.78, 5) is 6.79. The van der Waals surface area contributed by atoms with Crippen molar-refractivity contribution in [3.05, 3.63) is 42.0 Å². The molecule has 3 nitrogen and oxygen atoms in total. The van der Waals surface area contributed by atoms with Crippen LogP contribution < -0.4 is 5.32 Å². The van der Waals surface area contributed by atoms with Crippen molar-refractivity contribution >= 4 is 35.5 Å². The molecule has 3 rings (SSSR count). The minimum atomic E-state index is 0. The molecule has 126 valence electrons. The molecule has 0 amide bonds. The summed E-state index contributed by atoms with van der Waals surface area (Å²) >= 11 is 0. The van der Waals surface area contributed by atoms with Crippen LogP contribution in [0.15, 0.2) is 41.4 Å². The highest BCUT2D eigenvalue weighted by Gasteiger charge is 2.20. The summed E-state index contributed by atoms with van der Waals surface area (Å²) in [5.41, 5.74) is 2.82. The highest BCUT2D eigenvalue weighted by atomic mass is 127. The first-order valence-corrected chi connectivity index (χ1v) is 8.57. The number of benzene rings is 1. The second kappa shape index (κ2) is 9.30. The molecule has 1 aromatic rings. The molecule has 0 spiro atoms. The van der Waals surface area contributed by atoms with Crippen LogP contribution in [0.4, 0.5) is 0 Å². The quantitative estimate of drug-likeness (QED) is 0.332. The lowest BCUT2D eigenvalue weighted by Gasteiger charge is -2.29. The summed E-state index contributed by atoms with van der Waals surface area (Å²) in [6, 6.07) is 10.7. The van der Waals surface area contributed by atoms with Crippen LogP contribution in [-0.2, 0) is 0 Å². The van der Waals surface area contributed by atoms with Gasteiger partial charge in [-0.25, -0.2) is 0 Å². The molecule has 1 heterocycles. The number of hydrogen-bond acceptors (Lipinski definition) is 1. The number of rotatable bonds is 5. The SMILES string of the molecule is CN=C(NCCCC1CC1)N1CC=C(c2ccccc2)CC1.I. The Morgan fingerprint density at radius 3 is 2.65 bits per heavy atom. The van der Waals surface area contributed by atoms with E-state index in [2.05, 4.69) is 51.6 Å². The number of nitrogens with zero attached hydrogens (tertiary/aromatic N) is 2. The van der Waals surface area contributed by atoms with E-state index >= 15 is 0 Å². The van der Waals surface area contributed by atoms with Gasteiger partial charge in [0.1, 0.15) is 0 Å². The molecule has 0 saturated heterocycles. The molecule has 4 heteroatoms. The molecule has 2 aliphatic rings. The van der Waals surface area contributed by atoms with Crippen molar-refractivity contribution in [2.75, 3.05) is 26.7 Å². The van der Waals surface area contributed by atoms with Crippen LogP contribution in [-0.4, -0.2) is 37.5 Å². The minimum absolute atomic E-state index is 0. The average Bonchev–Trinajstić information content (AvgIpc) is 3.40. The zero-order valence-corrected chi connectivity index (χ0v) is 16.3. The van der Waals surface area contributed by atoms with Gasteiger partial charge in [-0.05, 0) is 36.3 Å². The Balaban J connectivity index is 0.00000192. The number of aliphatic imine (C=N–C) groups is 1. The summed E-state index contributed by atoms with van der Waals surface area (Å²) in [7, 11) is 1.89. The van der Waals surface area contributed by atoms with E-state index in [4.69, 9.17) is 0 Å². The molecule has 1 saturated carbocycles. The third-order valence-electron chi connectivity index (χ3n) is 4.63. The van der Waals surface area contributed by atoms with Gasteiger partial charge >= 0.3 is 0 Å². The van der Waals surface area contributed by atoms with Crippen LogP contribution in [0.2, 0.25) is 0 Å². The number of halogens is 1. The molecular formula is C19H28IN3. The highest BCUT2D eigenvalue weighted by molar-refractivity contribution is 14.0. The molecule has 1 aliphatic carbocycles. The van der Waals surface area contributed by atoms with Crippen molar-refractivity contribution in [2.45, 2.75) is 32.1 Å². The molecule has 0 bridgehead atoms. The Hall–Kier alpha value is -1.04. The first kappa shape index (κ1) is 18.3. The average molecular weight is 425 g/mol. The van der Waals surface area contributed by atoms with Gasteiger partial charge in [0.05, 0.1) is 0 Å². The van der Waals surface area contributed by atoms with E-state index < -0.39 is 0 Å². The smallest absolute Gasteiger partial charge is 0.193 e. The van der Waals surface area contributed by atoms with E-state index in [-0.39, 0.29) is 24.0 Å². The van der Waals surface area contributed by atoms with Gasteiger partial charge in [-0.3, -0.25) is 4.99 Å². The summed E-state index contributed by atoms with van der Waals surface area (Å²) < 4.78 is 0. The maximum Gasteiger partial charge on any atom is 0.193 e. The molecule has 23 heavy (non-hydrogen) atoms. The maximum absolute atomic E-state index is 4.44. The third kappa shape index (κ3) is 5.52. The molecule has 0 unspecified atom stereocenters. The Labute approximate surface area is 157 Å². The molecular weight excluding hydrogens is 397 g/mol. The van der Waals surface area contributed by atoms with E-state index in [0.29, 0.717) is 0 Å². The highest BCUT2D eigenvalue weighted by Crippen LogP contribution is 2.33. The van der Waals surface area contributed by atoms with Gasteiger partial charge in [-0.1, -0.05) is 49.2 Å². The summed E-state index contributed by atoms with van der Waals surface area (Å²) in [6.45, 7) is 3.05. The first-order valence-electron chi connectivity index (χ1n) is 8.57. The monoisotopic (exact) mass is 425 g/mol. The lowest BCUT2D eigenvalue weighted by atomic mass is 10.00. The van der Waals surface area contributed by atoms with E-state index in [1.54, 1.807) is 0 Å². The fraction of sp³-hybridized carbons (Fsp3) is 0.526. The van der Waals surface area contributed by atoms with Crippen molar-refractivity contribution in [3.63, 3.8) is 0 Å². The van der Waals surface area contributed by atoms with Crippen LogP contribution in [0, 0.1) is 5.92 Å². The number of hydrogen-bond donors (Lipinski definition) is 1. The van der Waals surface area contributed by atoms with Crippen LogP contribution in [0.5, 0.6) is 0 Å². The van der Waals surface area contributed by atoms with Gasteiger partial charge in [-0.15, -0.1) is 24.0 Å². The second-order valence-corrected chi connectivity index (χ2v) is 6.35. The topological polar surface area (TPSA) is 27.6 Å². The van der Waals surface area contributed by atoms with Gasteiger partial charge in [0, 0.05) is 26.7 Å². The second-order valence-electron chi connectivity index (χ2n) is 6.35. The van der Waals surface area contributed by atoms with Crippen molar-refractivity contribution in [1.82, 2.24) is 10.2 Å². The van der Waals surface area contributed by atoms with Crippen molar-refractivity contribution in [1.29, 1.82) is 0 Å². The van der Waals surface area contributed by atoms with Crippen molar-refractivity contribution < 1.29 is 0 Å². The van der Waals surface area contributed by atoms with Gasteiger partial charge in [0.15, 0.2) is 5.96 Å². The zero-order valence-electron chi connectivity index (χ0n) is 14.0. The summed E-state index contributed by atoms with van der Waals surface area (Å²) in [5.74, 6) is 2.08. The van der Waals surface area contributed by atoms with Gasteiger partial charge in [0.2, 0.25) is 0 Å². The Morgan fingerprint density at radius 1 is 1.26 bits per heavy atom. The minimum Gasteiger partial charge on any atom is -0.356 e. The Morgan fingerprint density at radius 2 is 2.04 bits per heavy atom. The van der Waals surface area contributed by atoms with Gasteiger partial charge in [0.25, 0.3) is 0 Å². The third-order valence-corrected chi connectivity index (χ3v) is 4.63. The van der Waals surface area contributed by atoms with Crippen molar-refractivity contribution in [2.24, 2.45) is 10.9 Å². The normalized spacial score (nSPS) is 18.2. The largest absolute Gasteiger partial charge is 0.356 e. The van der Waals surface area contributed by atoms with Crippen molar-refractivity contribution in [3.8, 4) is 0 Å². The summed E-state index contributed by atoms with van der Waals surface area (Å²) in [6.07, 6.45) is 8.98. The maximum atomic E-state index is 4.44. The predicted octanol–water partition coefficient (Wildman–Crippen LogP) is 4.16. The molecule has 0 aromatic heterocycles. The van der Waals surface area contributed by atoms with Crippen LogP contribution in [0.25, 0.3) is 5.57 Å². The standard InChI is InChI=1S/C19H27N3.HI/c1-20-19(21-13-5-6-16-9-10-16)22-14-11-18(12-15-22)17-7-3-2-4-8-17;/h2-4,7-8,11,16H,5-6,9-10,12-15H2,1H3,(H,20,21);1H. The van der Waals surface area contributed by atoms with Crippen LogP contribution in [0.1, 0.15) is 37.7 Å². The fourth-order valence-corrected chi connectivity index (χ4v) is 3.11. The number of nitrogens with one attached hydrogen (secondary N) is 1. The zero-order chi connectivity index (χ0) is 15.2. The van der Waals surface area contributed by atoms with E-state index in [9.17, 15) is 0 Å². The molecule has 1 fully saturated rings. The molecule has 1 aromatic carbocycles. The summed E-state index contributed by atoms with van der Waals surface area (Å²) in [5, 5.41) is 3.52. The number of guanidine groups is 1. The van der Waals surface area contributed by atoms with E-state index in [1.807, 2.05) is 7.05 Å². The lowest BCUT2D eigenvalue weighted by Crippen LogP contribution is -2.43. The molecule has 1 N–H and O–H groups in total. The van der Waals surface area contributed by atoms with E-state index in [1.165, 1.54) is 36.8 Å². The van der Waals surface area contributed by atoms with Crippen LogP contribution >= 0.6 is 24.0 Å². The Bertz CT molecular complexity index is 535. The van der Waals surface area contributed by atoms with E-state index in [0.717, 1.165) is 37.9 Å².